The summed E-state index contributed by atoms with van der Waals surface area (Å²) < 4.78 is 5.86. The van der Waals surface area contributed by atoms with Gasteiger partial charge in [-0.15, -0.1) is 0 Å². The highest BCUT2D eigenvalue weighted by atomic mass is 32.1. The summed E-state index contributed by atoms with van der Waals surface area (Å²) in [5, 5.41) is 0. The summed E-state index contributed by atoms with van der Waals surface area (Å²) in [5.74, 6) is 0.911. The Balaban J connectivity index is 2.21. The predicted molar refractivity (Wildman–Crippen MR) is 83.0 cm³/mol. The van der Waals surface area contributed by atoms with E-state index in [2.05, 4.69) is 24.3 Å². The molecule has 94 valence electrons. The maximum absolute atomic E-state index is 5.86. The Morgan fingerprint density at radius 2 is 1.53 bits per heavy atom. The number of rotatable bonds is 3. The molecule has 0 aliphatic heterocycles. The monoisotopic (exact) mass is 266 g/mol. The first-order valence-corrected chi connectivity index (χ1v) is 6.80. The van der Waals surface area contributed by atoms with Crippen molar-refractivity contribution in [3.8, 4) is 0 Å². The van der Waals surface area contributed by atoms with Gasteiger partial charge >= 0.3 is 0 Å². The van der Waals surface area contributed by atoms with Crippen molar-refractivity contribution < 1.29 is 4.74 Å². The third-order valence-corrected chi connectivity index (χ3v) is 3.65. The fourth-order valence-corrected chi connectivity index (χ4v) is 2.80. The van der Waals surface area contributed by atoms with Gasteiger partial charge in [-0.3, -0.25) is 0 Å². The van der Waals surface area contributed by atoms with Crippen LogP contribution in [0.2, 0.25) is 0 Å². The normalized spacial score (nSPS) is 13.6. The molecule has 2 aromatic carbocycles. The Kier molecular flexibility index (Phi) is 3.18. The maximum atomic E-state index is 5.86. The van der Waals surface area contributed by atoms with Crippen LogP contribution in [0.5, 0.6) is 0 Å². The van der Waals surface area contributed by atoms with E-state index in [0.717, 1.165) is 32.9 Å². The number of ether oxygens (including phenoxy) is 1. The van der Waals surface area contributed by atoms with Crippen molar-refractivity contribution in [2.45, 2.75) is 6.92 Å². The highest BCUT2D eigenvalue weighted by Gasteiger charge is 2.28. The average molecular weight is 266 g/mol. The molecule has 1 aliphatic rings. The van der Waals surface area contributed by atoms with Gasteiger partial charge in [0.05, 0.1) is 11.5 Å². The average Bonchev–Trinajstić information content (AvgIpc) is 2.74. The van der Waals surface area contributed by atoms with Crippen LogP contribution in [0.25, 0.3) is 11.3 Å². The quantitative estimate of drug-likeness (QED) is 0.765. The van der Waals surface area contributed by atoms with Crippen molar-refractivity contribution in [3.63, 3.8) is 0 Å². The molecule has 0 unspecified atom stereocenters. The largest absolute Gasteiger partial charge is 0.493 e. The second-order valence-corrected chi connectivity index (χ2v) is 4.79. The molecule has 0 radical (unpaired) electrons. The van der Waals surface area contributed by atoms with E-state index in [1.54, 1.807) is 0 Å². The zero-order valence-electron chi connectivity index (χ0n) is 10.7. The molecule has 0 fully saturated rings. The number of benzene rings is 2. The number of allylic oxidation sites excluding steroid dienone is 1. The Morgan fingerprint density at radius 3 is 2.21 bits per heavy atom. The minimum Gasteiger partial charge on any atom is -0.493 e. The van der Waals surface area contributed by atoms with Crippen LogP contribution in [0.1, 0.15) is 23.6 Å². The van der Waals surface area contributed by atoms with E-state index >= 15 is 0 Å². The van der Waals surface area contributed by atoms with E-state index in [9.17, 15) is 0 Å². The van der Waals surface area contributed by atoms with Crippen LogP contribution in [0.15, 0.2) is 54.6 Å². The van der Waals surface area contributed by atoms with Gasteiger partial charge < -0.3 is 4.74 Å². The number of thiocarbonyl (C=S) groups is 1. The van der Waals surface area contributed by atoms with E-state index in [0.29, 0.717) is 6.61 Å². The molecule has 0 saturated carbocycles. The van der Waals surface area contributed by atoms with Gasteiger partial charge in [0, 0.05) is 16.7 Å². The van der Waals surface area contributed by atoms with Crippen molar-refractivity contribution in [1.82, 2.24) is 0 Å². The first-order chi connectivity index (χ1) is 9.33. The van der Waals surface area contributed by atoms with Gasteiger partial charge in [-0.05, 0) is 12.5 Å². The van der Waals surface area contributed by atoms with Crippen LogP contribution in [-0.4, -0.2) is 11.5 Å². The van der Waals surface area contributed by atoms with Crippen molar-refractivity contribution >= 4 is 28.4 Å². The summed E-state index contributed by atoms with van der Waals surface area (Å²) in [7, 11) is 0. The smallest absolute Gasteiger partial charge is 0.136 e. The van der Waals surface area contributed by atoms with Crippen molar-refractivity contribution in [1.29, 1.82) is 0 Å². The fraction of sp³-hybridized carbons (Fsp3) is 0.118. The van der Waals surface area contributed by atoms with E-state index in [1.807, 2.05) is 37.3 Å². The standard InChI is InChI=1S/C17H14OS/c1-2-18-16-13-10-6-7-11-14(13)17(19)15(16)12-8-4-3-5-9-12/h3-11H,2H2,1H3. The lowest BCUT2D eigenvalue weighted by atomic mass is 10.0. The third kappa shape index (κ3) is 1.98. The van der Waals surface area contributed by atoms with Crippen molar-refractivity contribution in [2.75, 3.05) is 6.61 Å². The molecule has 1 aliphatic carbocycles. The van der Waals surface area contributed by atoms with E-state index in [1.165, 1.54) is 0 Å². The summed E-state index contributed by atoms with van der Waals surface area (Å²) in [6, 6.07) is 18.4. The van der Waals surface area contributed by atoms with E-state index < -0.39 is 0 Å². The van der Waals surface area contributed by atoms with Crippen molar-refractivity contribution in [2.24, 2.45) is 0 Å². The second-order valence-electron chi connectivity index (χ2n) is 4.38. The molecule has 2 aromatic rings. The molecule has 0 spiro atoms. The summed E-state index contributed by atoms with van der Waals surface area (Å²) in [6.45, 7) is 2.64. The van der Waals surface area contributed by atoms with Crippen LogP contribution in [0.4, 0.5) is 0 Å². The molecular weight excluding hydrogens is 252 g/mol. The zero-order valence-corrected chi connectivity index (χ0v) is 11.5. The number of hydrogen-bond acceptors (Lipinski definition) is 2. The Bertz CT molecular complexity index is 656. The highest BCUT2D eigenvalue weighted by Crippen LogP contribution is 2.39. The van der Waals surface area contributed by atoms with Gasteiger partial charge in [0.25, 0.3) is 0 Å². The number of hydrogen-bond donors (Lipinski definition) is 0. The van der Waals surface area contributed by atoms with Gasteiger partial charge in [0.2, 0.25) is 0 Å². The first kappa shape index (κ1) is 12.1. The molecule has 0 aromatic heterocycles. The maximum Gasteiger partial charge on any atom is 0.136 e. The Morgan fingerprint density at radius 1 is 0.895 bits per heavy atom. The predicted octanol–water partition coefficient (Wildman–Crippen LogP) is 4.32. The fourth-order valence-electron chi connectivity index (χ4n) is 2.41. The van der Waals surface area contributed by atoms with Crippen molar-refractivity contribution in [3.05, 3.63) is 71.3 Å². The van der Waals surface area contributed by atoms with Crippen LogP contribution in [0, 0.1) is 0 Å². The van der Waals surface area contributed by atoms with Crippen LogP contribution < -0.4 is 0 Å². The topological polar surface area (TPSA) is 9.23 Å². The lowest BCUT2D eigenvalue weighted by Crippen LogP contribution is -1.97. The van der Waals surface area contributed by atoms with Gasteiger partial charge in [-0.25, -0.2) is 0 Å². The molecule has 19 heavy (non-hydrogen) atoms. The van der Waals surface area contributed by atoms with E-state index in [-0.39, 0.29) is 0 Å². The van der Waals surface area contributed by atoms with E-state index in [4.69, 9.17) is 17.0 Å². The molecule has 0 bridgehead atoms. The molecule has 0 saturated heterocycles. The minimum atomic E-state index is 0.641. The molecular formula is C17H14OS. The summed E-state index contributed by atoms with van der Waals surface area (Å²) >= 11 is 5.63. The van der Waals surface area contributed by atoms with Gasteiger partial charge in [-0.1, -0.05) is 66.8 Å². The summed E-state index contributed by atoms with van der Waals surface area (Å²) in [5.41, 5.74) is 4.36. The highest BCUT2D eigenvalue weighted by molar-refractivity contribution is 7.82. The summed E-state index contributed by atoms with van der Waals surface area (Å²) in [6.07, 6.45) is 0. The molecule has 0 atom stereocenters. The van der Waals surface area contributed by atoms with Crippen LogP contribution in [0.3, 0.4) is 0 Å². The SMILES string of the molecule is CCOC1=C(c2ccccc2)C(=S)c2ccccc21. The Labute approximate surface area is 118 Å². The molecule has 2 heteroatoms. The lowest BCUT2D eigenvalue weighted by molar-refractivity contribution is 0.300. The van der Waals surface area contributed by atoms with Crippen LogP contribution in [-0.2, 0) is 4.74 Å². The van der Waals surface area contributed by atoms with Gasteiger partial charge in [0.15, 0.2) is 0 Å². The summed E-state index contributed by atoms with van der Waals surface area (Å²) in [4.78, 5) is 0.880. The molecule has 0 N–H and O–H groups in total. The van der Waals surface area contributed by atoms with Gasteiger partial charge in [-0.2, -0.15) is 0 Å². The third-order valence-electron chi connectivity index (χ3n) is 3.22. The zero-order chi connectivity index (χ0) is 13.2. The molecule has 0 amide bonds. The minimum absolute atomic E-state index is 0.641. The Hall–Kier alpha value is -1.93. The van der Waals surface area contributed by atoms with Gasteiger partial charge in [0.1, 0.15) is 5.76 Å². The first-order valence-electron chi connectivity index (χ1n) is 6.39. The molecule has 0 heterocycles. The second kappa shape index (κ2) is 4.98. The number of fused-ring (bicyclic) bond motifs is 1. The van der Waals surface area contributed by atoms with Crippen LogP contribution >= 0.6 is 12.2 Å². The molecule has 3 rings (SSSR count). The lowest BCUT2D eigenvalue weighted by Gasteiger charge is -2.09. The molecule has 1 nitrogen and oxygen atoms in total.